The number of unbranched alkanes of at least 4 members (excludes halogenated alkanes) is 1. The van der Waals surface area contributed by atoms with Gasteiger partial charge in [0, 0.05) is 6.42 Å². The van der Waals surface area contributed by atoms with Crippen LogP contribution in [0.15, 0.2) is 24.3 Å². The average molecular weight is 285 g/mol. The van der Waals surface area contributed by atoms with E-state index in [1.807, 2.05) is 13.8 Å². The Morgan fingerprint density at radius 3 is 2.43 bits per heavy atom. The SMILES string of the molecule is CCCCc1ccc(-n2nnc(C(=O)CC)c2CC)cc1. The molecule has 1 heterocycles. The Hall–Kier alpha value is -1.97. The third kappa shape index (κ3) is 3.38. The van der Waals surface area contributed by atoms with Crippen LogP contribution in [0.5, 0.6) is 0 Å². The maximum Gasteiger partial charge on any atom is 0.184 e. The van der Waals surface area contributed by atoms with Crippen LogP contribution in [-0.2, 0) is 12.8 Å². The lowest BCUT2D eigenvalue weighted by Crippen LogP contribution is -2.06. The van der Waals surface area contributed by atoms with Crippen molar-refractivity contribution in [1.82, 2.24) is 15.0 Å². The summed E-state index contributed by atoms with van der Waals surface area (Å²) in [4.78, 5) is 11.9. The number of ketones is 1. The zero-order valence-corrected chi connectivity index (χ0v) is 13.1. The molecule has 0 radical (unpaired) electrons. The normalized spacial score (nSPS) is 10.8. The van der Waals surface area contributed by atoms with Crippen molar-refractivity contribution in [3.8, 4) is 5.69 Å². The highest BCUT2D eigenvalue weighted by atomic mass is 16.1. The molecule has 0 bridgehead atoms. The Kier molecular flexibility index (Phi) is 5.26. The first-order chi connectivity index (χ1) is 10.2. The van der Waals surface area contributed by atoms with Crippen molar-refractivity contribution in [2.75, 3.05) is 0 Å². The Morgan fingerprint density at radius 2 is 1.86 bits per heavy atom. The van der Waals surface area contributed by atoms with Crippen LogP contribution in [0.1, 0.15) is 61.8 Å². The van der Waals surface area contributed by atoms with Gasteiger partial charge in [0.2, 0.25) is 0 Å². The first-order valence-electron chi connectivity index (χ1n) is 7.78. The lowest BCUT2D eigenvalue weighted by Gasteiger charge is -2.07. The first-order valence-corrected chi connectivity index (χ1v) is 7.78. The number of aromatic nitrogens is 3. The van der Waals surface area contributed by atoms with Crippen LogP contribution in [0, 0.1) is 0 Å². The second-order valence-electron chi connectivity index (χ2n) is 5.20. The van der Waals surface area contributed by atoms with Gasteiger partial charge in [-0.2, -0.15) is 0 Å². The Bertz CT molecular complexity index is 599. The summed E-state index contributed by atoms with van der Waals surface area (Å²) in [6.45, 7) is 6.07. The van der Waals surface area contributed by atoms with E-state index in [2.05, 4.69) is 41.5 Å². The zero-order chi connectivity index (χ0) is 15.2. The first kappa shape index (κ1) is 15.4. The molecular weight excluding hydrogens is 262 g/mol. The molecule has 0 saturated heterocycles. The summed E-state index contributed by atoms with van der Waals surface area (Å²) in [7, 11) is 0. The van der Waals surface area contributed by atoms with Crippen molar-refractivity contribution in [2.24, 2.45) is 0 Å². The Labute approximate surface area is 126 Å². The van der Waals surface area contributed by atoms with Crippen LogP contribution in [0.25, 0.3) is 5.69 Å². The van der Waals surface area contributed by atoms with Crippen LogP contribution >= 0.6 is 0 Å². The molecule has 0 aliphatic carbocycles. The standard InChI is InChI=1S/C17H23N3O/c1-4-7-8-13-9-11-14(12-10-13)20-15(5-2)17(18-19-20)16(21)6-3/h9-12H,4-8H2,1-3H3. The molecule has 1 aromatic heterocycles. The molecule has 0 saturated carbocycles. The fourth-order valence-corrected chi connectivity index (χ4v) is 2.40. The molecule has 0 spiro atoms. The molecule has 1 aromatic carbocycles. The number of nitrogens with zero attached hydrogens (tertiary/aromatic N) is 3. The number of benzene rings is 1. The molecule has 0 N–H and O–H groups in total. The van der Waals surface area contributed by atoms with Gasteiger partial charge in [-0.15, -0.1) is 5.10 Å². The van der Waals surface area contributed by atoms with Crippen molar-refractivity contribution in [3.63, 3.8) is 0 Å². The molecule has 2 aromatic rings. The summed E-state index contributed by atoms with van der Waals surface area (Å²) in [5, 5.41) is 8.23. The van der Waals surface area contributed by atoms with Crippen molar-refractivity contribution in [2.45, 2.75) is 52.9 Å². The van der Waals surface area contributed by atoms with E-state index in [-0.39, 0.29) is 5.78 Å². The van der Waals surface area contributed by atoms with Crippen molar-refractivity contribution < 1.29 is 4.79 Å². The average Bonchev–Trinajstić information content (AvgIpc) is 2.96. The smallest absolute Gasteiger partial charge is 0.184 e. The Balaban J connectivity index is 2.29. The summed E-state index contributed by atoms with van der Waals surface area (Å²) in [6.07, 6.45) is 4.72. The molecule has 2 rings (SSSR count). The van der Waals surface area contributed by atoms with E-state index < -0.39 is 0 Å². The number of Topliss-reactive ketones (excluding diaryl/α,β-unsaturated/α-hetero) is 1. The molecular formula is C17H23N3O. The summed E-state index contributed by atoms with van der Waals surface area (Å²) >= 11 is 0. The number of hydrogen-bond acceptors (Lipinski definition) is 3. The van der Waals surface area contributed by atoms with Crippen LogP contribution in [0.3, 0.4) is 0 Å². The van der Waals surface area contributed by atoms with Gasteiger partial charge in [0.05, 0.1) is 11.4 Å². The van der Waals surface area contributed by atoms with Gasteiger partial charge in [-0.1, -0.05) is 44.5 Å². The monoisotopic (exact) mass is 285 g/mol. The van der Waals surface area contributed by atoms with Crippen molar-refractivity contribution in [3.05, 3.63) is 41.2 Å². The van der Waals surface area contributed by atoms with Gasteiger partial charge in [0.25, 0.3) is 0 Å². The molecule has 4 nitrogen and oxygen atoms in total. The van der Waals surface area contributed by atoms with Gasteiger partial charge in [0.15, 0.2) is 11.5 Å². The quantitative estimate of drug-likeness (QED) is 0.728. The maximum atomic E-state index is 11.9. The fraction of sp³-hybridized carbons (Fsp3) is 0.471. The van der Waals surface area contributed by atoms with Crippen LogP contribution in [0.2, 0.25) is 0 Å². The summed E-state index contributed by atoms with van der Waals surface area (Å²) < 4.78 is 1.78. The molecule has 0 fully saturated rings. The van der Waals surface area contributed by atoms with Gasteiger partial charge in [-0.05, 0) is 37.0 Å². The largest absolute Gasteiger partial charge is 0.292 e. The minimum Gasteiger partial charge on any atom is -0.292 e. The van der Waals surface area contributed by atoms with E-state index in [0.717, 1.165) is 24.2 Å². The van der Waals surface area contributed by atoms with E-state index in [1.165, 1.54) is 18.4 Å². The number of carbonyl (C=O) groups excluding carboxylic acids is 1. The van der Waals surface area contributed by atoms with Gasteiger partial charge >= 0.3 is 0 Å². The van der Waals surface area contributed by atoms with Crippen LogP contribution < -0.4 is 0 Å². The van der Waals surface area contributed by atoms with E-state index in [9.17, 15) is 4.79 Å². The highest BCUT2D eigenvalue weighted by Crippen LogP contribution is 2.16. The number of rotatable bonds is 7. The predicted octanol–water partition coefficient (Wildman–Crippen LogP) is 3.77. The van der Waals surface area contributed by atoms with Crippen molar-refractivity contribution >= 4 is 5.78 Å². The number of aryl methyl sites for hydroxylation is 1. The highest BCUT2D eigenvalue weighted by molar-refractivity contribution is 5.95. The molecule has 0 aliphatic heterocycles. The van der Waals surface area contributed by atoms with Crippen LogP contribution in [-0.4, -0.2) is 20.8 Å². The third-order valence-corrected chi connectivity index (χ3v) is 3.68. The van der Waals surface area contributed by atoms with E-state index in [4.69, 9.17) is 0 Å². The minimum absolute atomic E-state index is 0.0534. The molecule has 0 unspecified atom stereocenters. The van der Waals surface area contributed by atoms with Gasteiger partial charge in [0.1, 0.15) is 0 Å². The molecule has 4 heteroatoms. The summed E-state index contributed by atoms with van der Waals surface area (Å²) in [5.41, 5.74) is 3.71. The van der Waals surface area contributed by atoms with Gasteiger partial charge < -0.3 is 0 Å². The molecule has 0 atom stereocenters. The van der Waals surface area contributed by atoms with Gasteiger partial charge in [-0.25, -0.2) is 4.68 Å². The molecule has 21 heavy (non-hydrogen) atoms. The minimum atomic E-state index is 0.0534. The zero-order valence-electron chi connectivity index (χ0n) is 13.1. The van der Waals surface area contributed by atoms with Crippen molar-refractivity contribution in [1.29, 1.82) is 0 Å². The lowest BCUT2D eigenvalue weighted by atomic mass is 10.1. The second-order valence-corrected chi connectivity index (χ2v) is 5.20. The molecule has 0 amide bonds. The van der Waals surface area contributed by atoms with E-state index in [1.54, 1.807) is 4.68 Å². The topological polar surface area (TPSA) is 47.8 Å². The van der Waals surface area contributed by atoms with Crippen LogP contribution in [0.4, 0.5) is 0 Å². The summed E-state index contributed by atoms with van der Waals surface area (Å²) in [5.74, 6) is 0.0534. The Morgan fingerprint density at radius 1 is 1.14 bits per heavy atom. The predicted molar refractivity (Wildman–Crippen MR) is 84.0 cm³/mol. The number of carbonyl (C=O) groups is 1. The van der Waals surface area contributed by atoms with E-state index in [0.29, 0.717) is 12.1 Å². The summed E-state index contributed by atoms with van der Waals surface area (Å²) in [6, 6.07) is 8.37. The van der Waals surface area contributed by atoms with E-state index >= 15 is 0 Å². The third-order valence-electron chi connectivity index (χ3n) is 3.68. The second kappa shape index (κ2) is 7.16. The lowest BCUT2D eigenvalue weighted by molar-refractivity contribution is 0.0982. The number of hydrogen-bond donors (Lipinski definition) is 0. The van der Waals surface area contributed by atoms with Gasteiger partial charge in [-0.3, -0.25) is 4.79 Å². The highest BCUT2D eigenvalue weighted by Gasteiger charge is 2.17. The fourth-order valence-electron chi connectivity index (χ4n) is 2.40. The molecule has 112 valence electrons. The molecule has 0 aliphatic rings. The maximum absolute atomic E-state index is 11.9.